The molecule has 1 aliphatic carbocycles. The Morgan fingerprint density at radius 2 is 1.89 bits per heavy atom. The average molecular weight is 536 g/mol. The monoisotopic (exact) mass is 535 g/mol. The van der Waals surface area contributed by atoms with Crippen molar-refractivity contribution in [2.75, 3.05) is 13.2 Å². The Labute approximate surface area is 226 Å². The van der Waals surface area contributed by atoms with Gasteiger partial charge in [0.15, 0.2) is 0 Å². The number of β-amino-alcohol motifs (C(OH)–C–C–N with tert-alkyl or cyclic N) is 1. The molecule has 10 nitrogen and oxygen atoms in total. The van der Waals surface area contributed by atoms with Crippen LogP contribution in [0.5, 0.6) is 0 Å². The van der Waals surface area contributed by atoms with Gasteiger partial charge in [-0.2, -0.15) is 0 Å². The summed E-state index contributed by atoms with van der Waals surface area (Å²) < 4.78 is 10.7. The molecule has 0 aromatic rings. The highest BCUT2D eigenvalue weighted by molar-refractivity contribution is 5.96. The molecule has 0 aromatic carbocycles. The van der Waals surface area contributed by atoms with Crippen LogP contribution in [0.2, 0.25) is 0 Å². The van der Waals surface area contributed by atoms with Gasteiger partial charge in [0.1, 0.15) is 23.2 Å². The molecule has 1 aliphatic heterocycles. The molecular weight excluding hydrogens is 490 g/mol. The minimum absolute atomic E-state index is 0.0740. The first-order chi connectivity index (χ1) is 17.8. The number of esters is 1. The van der Waals surface area contributed by atoms with Crippen LogP contribution < -0.4 is 10.6 Å². The number of rotatable bonds is 13. The minimum atomic E-state index is -1.23. The number of aliphatic hydroxyl groups is 1. The number of alkyl carbamates (subject to hydrolysis) is 1. The average Bonchev–Trinajstić information content (AvgIpc) is 3.47. The number of hydrogen-bond acceptors (Lipinski definition) is 7. The first-order valence-corrected chi connectivity index (χ1v) is 13.5. The van der Waals surface area contributed by atoms with Gasteiger partial charge in [-0.3, -0.25) is 9.59 Å². The van der Waals surface area contributed by atoms with E-state index >= 15 is 0 Å². The summed E-state index contributed by atoms with van der Waals surface area (Å²) in [4.78, 5) is 53.9. The number of likely N-dealkylation sites (tertiary alicyclic amines) is 1. The third-order valence-electron chi connectivity index (χ3n) is 6.96. The van der Waals surface area contributed by atoms with E-state index in [2.05, 4.69) is 23.8 Å². The number of amides is 3. The van der Waals surface area contributed by atoms with Crippen LogP contribution >= 0.6 is 0 Å². The summed E-state index contributed by atoms with van der Waals surface area (Å²) in [6.45, 7) is 16.3. The molecule has 0 spiro atoms. The van der Waals surface area contributed by atoms with Crippen molar-refractivity contribution in [1.82, 2.24) is 15.5 Å². The third-order valence-corrected chi connectivity index (χ3v) is 6.96. The number of nitrogens with one attached hydrogen (secondary N) is 2. The van der Waals surface area contributed by atoms with Gasteiger partial charge in [0, 0.05) is 18.4 Å². The predicted molar refractivity (Wildman–Crippen MR) is 143 cm³/mol. The highest BCUT2D eigenvalue weighted by atomic mass is 16.6. The molecule has 1 saturated carbocycles. The van der Waals surface area contributed by atoms with Crippen LogP contribution in [0.15, 0.2) is 25.3 Å². The van der Waals surface area contributed by atoms with E-state index < -0.39 is 59.1 Å². The van der Waals surface area contributed by atoms with Crippen molar-refractivity contribution >= 4 is 23.9 Å². The molecule has 2 fully saturated rings. The van der Waals surface area contributed by atoms with Crippen LogP contribution in [0.25, 0.3) is 0 Å². The molecule has 2 rings (SSSR count). The van der Waals surface area contributed by atoms with Crippen LogP contribution in [0.3, 0.4) is 0 Å². The molecule has 1 saturated heterocycles. The zero-order valence-corrected chi connectivity index (χ0v) is 23.5. The lowest BCUT2D eigenvalue weighted by molar-refractivity contribution is -0.151. The SMILES string of the molecule is C=CCCCC[C@H](NC(=O)OC(C)(C)C)C(=O)N1C[C@H](O)C(C)[C@H]1C(=O)N[C@]1(C(=O)OCCC)C[C@H]1C=C. The zero-order chi connectivity index (χ0) is 28.7. The molecule has 10 heteroatoms. The molecule has 38 heavy (non-hydrogen) atoms. The summed E-state index contributed by atoms with van der Waals surface area (Å²) in [5.74, 6) is -2.45. The smallest absolute Gasteiger partial charge is 0.408 e. The quantitative estimate of drug-likeness (QED) is 0.188. The second-order valence-electron chi connectivity index (χ2n) is 11.3. The van der Waals surface area contributed by atoms with E-state index in [9.17, 15) is 24.3 Å². The molecule has 0 bridgehead atoms. The van der Waals surface area contributed by atoms with E-state index in [1.165, 1.54) is 4.90 Å². The Morgan fingerprint density at radius 1 is 1.21 bits per heavy atom. The van der Waals surface area contributed by atoms with Crippen molar-refractivity contribution in [3.63, 3.8) is 0 Å². The number of nitrogens with zero attached hydrogens (tertiary/aromatic N) is 1. The Kier molecular flexibility index (Phi) is 10.9. The molecule has 0 aromatic heterocycles. The van der Waals surface area contributed by atoms with Crippen molar-refractivity contribution < 1.29 is 33.8 Å². The van der Waals surface area contributed by atoms with Crippen molar-refractivity contribution in [3.8, 4) is 0 Å². The summed E-state index contributed by atoms with van der Waals surface area (Å²) >= 11 is 0. The van der Waals surface area contributed by atoms with Crippen LogP contribution in [0, 0.1) is 11.8 Å². The van der Waals surface area contributed by atoms with Gasteiger partial charge >= 0.3 is 12.1 Å². The van der Waals surface area contributed by atoms with Gasteiger partial charge in [-0.25, -0.2) is 9.59 Å². The van der Waals surface area contributed by atoms with E-state index in [0.717, 1.165) is 12.8 Å². The topological polar surface area (TPSA) is 134 Å². The second kappa shape index (κ2) is 13.3. The number of carbonyl (C=O) groups excluding carboxylic acids is 4. The minimum Gasteiger partial charge on any atom is -0.464 e. The maximum atomic E-state index is 13.7. The van der Waals surface area contributed by atoms with E-state index in [0.29, 0.717) is 25.7 Å². The number of ether oxygens (including phenoxy) is 2. The molecule has 6 atom stereocenters. The van der Waals surface area contributed by atoms with Gasteiger partial charge in [-0.15, -0.1) is 13.2 Å². The molecule has 2 aliphatic rings. The van der Waals surface area contributed by atoms with E-state index in [1.807, 2.05) is 6.92 Å². The number of carbonyl (C=O) groups is 4. The van der Waals surface area contributed by atoms with Crippen LogP contribution in [0.1, 0.15) is 73.1 Å². The number of aliphatic hydroxyl groups excluding tert-OH is 1. The summed E-state index contributed by atoms with van der Waals surface area (Å²) in [6, 6.07) is -1.98. The first kappa shape index (κ1) is 31.3. The van der Waals surface area contributed by atoms with Crippen LogP contribution in [0.4, 0.5) is 4.79 Å². The number of unbranched alkanes of at least 4 members (excludes halogenated alkanes) is 2. The van der Waals surface area contributed by atoms with Gasteiger partial charge in [0.05, 0.1) is 12.7 Å². The fraction of sp³-hybridized carbons (Fsp3) is 0.714. The lowest BCUT2D eigenvalue weighted by atomic mass is 9.98. The van der Waals surface area contributed by atoms with Crippen LogP contribution in [-0.2, 0) is 23.9 Å². The highest BCUT2D eigenvalue weighted by Crippen LogP contribution is 2.46. The fourth-order valence-corrected chi connectivity index (χ4v) is 4.75. The molecule has 3 amide bonds. The Balaban J connectivity index is 2.25. The fourth-order valence-electron chi connectivity index (χ4n) is 4.75. The van der Waals surface area contributed by atoms with E-state index in [1.54, 1.807) is 39.8 Å². The number of allylic oxidation sites excluding steroid dienone is 1. The maximum Gasteiger partial charge on any atom is 0.408 e. The van der Waals surface area contributed by atoms with Crippen molar-refractivity contribution in [2.24, 2.45) is 11.8 Å². The van der Waals surface area contributed by atoms with Crippen molar-refractivity contribution in [1.29, 1.82) is 0 Å². The molecule has 0 radical (unpaired) electrons. The molecule has 1 unspecified atom stereocenters. The Hall–Kier alpha value is -2.88. The molecule has 214 valence electrons. The van der Waals surface area contributed by atoms with Gasteiger partial charge in [0.2, 0.25) is 11.8 Å². The molecule has 3 N–H and O–H groups in total. The van der Waals surface area contributed by atoms with E-state index in [-0.39, 0.29) is 19.1 Å². The summed E-state index contributed by atoms with van der Waals surface area (Å²) in [5, 5.41) is 16.1. The lowest BCUT2D eigenvalue weighted by Crippen LogP contribution is -2.57. The van der Waals surface area contributed by atoms with Crippen molar-refractivity contribution in [2.45, 2.75) is 102 Å². The van der Waals surface area contributed by atoms with E-state index in [4.69, 9.17) is 9.47 Å². The predicted octanol–water partition coefficient (Wildman–Crippen LogP) is 2.85. The highest BCUT2D eigenvalue weighted by Gasteiger charge is 2.62. The van der Waals surface area contributed by atoms with Crippen molar-refractivity contribution in [3.05, 3.63) is 25.3 Å². The molecular formula is C28H45N3O7. The second-order valence-corrected chi connectivity index (χ2v) is 11.3. The van der Waals surface area contributed by atoms with Gasteiger partial charge in [0.25, 0.3) is 0 Å². The Bertz CT molecular complexity index is 899. The van der Waals surface area contributed by atoms with Gasteiger partial charge in [-0.1, -0.05) is 32.4 Å². The van der Waals surface area contributed by atoms with Gasteiger partial charge in [-0.05, 0) is 52.9 Å². The first-order valence-electron chi connectivity index (χ1n) is 13.5. The zero-order valence-electron chi connectivity index (χ0n) is 23.5. The lowest BCUT2D eigenvalue weighted by Gasteiger charge is -2.31. The summed E-state index contributed by atoms with van der Waals surface area (Å²) in [7, 11) is 0. The summed E-state index contributed by atoms with van der Waals surface area (Å²) in [6.07, 6.45) is 5.20. The van der Waals surface area contributed by atoms with Crippen LogP contribution in [-0.4, -0.2) is 76.4 Å². The standard InChI is InChI=1S/C28H45N3O7/c1-8-11-12-13-14-20(29-26(36)38-27(5,6)7)24(34)31-17-21(32)18(4)22(31)23(33)30-28(16-19(28)10-3)25(35)37-15-9-2/h8,10,18-22,32H,1,3,9,11-17H2,2,4-7H3,(H,29,36)(H,30,33)/t18?,19-,20+,21+,22+,28-/m1/s1. The molecule has 1 heterocycles. The Morgan fingerprint density at radius 3 is 2.45 bits per heavy atom. The number of hydrogen-bond donors (Lipinski definition) is 3. The largest absolute Gasteiger partial charge is 0.464 e. The third kappa shape index (κ3) is 7.82. The van der Waals surface area contributed by atoms with Gasteiger partial charge < -0.3 is 30.1 Å². The summed E-state index contributed by atoms with van der Waals surface area (Å²) in [5.41, 5.74) is -1.98. The normalized spacial score (nSPS) is 27.2. The maximum absolute atomic E-state index is 13.7.